The quantitative estimate of drug-likeness (QED) is 0.671. The number of amides is 1. The maximum atomic E-state index is 12.7. The maximum Gasteiger partial charge on any atom is 0.246 e. The van der Waals surface area contributed by atoms with E-state index in [0.29, 0.717) is 31.2 Å². The Labute approximate surface area is 172 Å². The van der Waals surface area contributed by atoms with Gasteiger partial charge in [0.25, 0.3) is 0 Å². The summed E-state index contributed by atoms with van der Waals surface area (Å²) in [5.74, 6) is 2.15. The normalized spacial score (nSPS) is 14.2. The van der Waals surface area contributed by atoms with E-state index >= 15 is 0 Å². The second-order valence-electron chi connectivity index (χ2n) is 6.63. The van der Waals surface area contributed by atoms with Crippen LogP contribution in [0, 0.1) is 0 Å². The topological polar surface area (TPSA) is 51.2 Å². The van der Waals surface area contributed by atoms with Crippen molar-refractivity contribution in [2.75, 3.05) is 51.9 Å². The number of carbonyl (C=O) groups is 1. The summed E-state index contributed by atoms with van der Waals surface area (Å²) >= 11 is 0. The van der Waals surface area contributed by atoms with Crippen molar-refractivity contribution in [3.63, 3.8) is 0 Å². The number of carbonyl (C=O) groups excluding carboxylic acids is 1. The molecule has 1 saturated heterocycles. The fraction of sp³-hybridized carbons (Fsp3) is 0.348. The van der Waals surface area contributed by atoms with Gasteiger partial charge in [-0.3, -0.25) is 4.79 Å². The zero-order valence-corrected chi connectivity index (χ0v) is 17.3. The Balaban J connectivity index is 1.63. The molecule has 29 heavy (non-hydrogen) atoms. The van der Waals surface area contributed by atoms with Gasteiger partial charge in [-0.2, -0.15) is 0 Å². The Morgan fingerprint density at radius 1 is 0.966 bits per heavy atom. The van der Waals surface area contributed by atoms with E-state index in [0.717, 1.165) is 30.1 Å². The summed E-state index contributed by atoms with van der Waals surface area (Å²) in [4.78, 5) is 16.8. The lowest BCUT2D eigenvalue weighted by Gasteiger charge is -2.36. The lowest BCUT2D eigenvalue weighted by atomic mass is 10.1. The summed E-state index contributed by atoms with van der Waals surface area (Å²) in [6.45, 7) is 5.49. The second-order valence-corrected chi connectivity index (χ2v) is 6.63. The molecule has 0 atom stereocenters. The lowest BCUT2D eigenvalue weighted by Crippen LogP contribution is -2.48. The summed E-state index contributed by atoms with van der Waals surface area (Å²) in [6.07, 6.45) is 3.38. The zero-order valence-electron chi connectivity index (χ0n) is 17.3. The third kappa shape index (κ3) is 4.83. The molecule has 0 aliphatic carbocycles. The highest BCUT2D eigenvalue weighted by Crippen LogP contribution is 2.32. The second kappa shape index (κ2) is 9.87. The summed E-state index contributed by atoms with van der Waals surface area (Å²) in [7, 11) is 3.19. The molecule has 0 radical (unpaired) electrons. The number of nitrogens with zero attached hydrogens (tertiary/aromatic N) is 2. The minimum atomic E-state index is -0.00684. The lowest BCUT2D eigenvalue weighted by molar-refractivity contribution is -0.126. The van der Waals surface area contributed by atoms with Gasteiger partial charge in [-0.25, -0.2) is 0 Å². The van der Waals surface area contributed by atoms with Crippen LogP contribution in [-0.4, -0.2) is 57.8 Å². The number of piperazine rings is 1. The Kier molecular flexibility index (Phi) is 7.00. The first kappa shape index (κ1) is 20.6. The molecule has 0 unspecified atom stereocenters. The van der Waals surface area contributed by atoms with Gasteiger partial charge in [-0.15, -0.1) is 0 Å². The van der Waals surface area contributed by atoms with E-state index in [9.17, 15) is 4.79 Å². The molecule has 0 saturated carbocycles. The third-order valence-electron chi connectivity index (χ3n) is 4.94. The molecule has 6 heteroatoms. The average molecular weight is 396 g/mol. The molecule has 1 fully saturated rings. The van der Waals surface area contributed by atoms with Crippen LogP contribution in [0.4, 0.5) is 5.69 Å². The van der Waals surface area contributed by atoms with Crippen LogP contribution in [0.1, 0.15) is 12.5 Å². The molecule has 1 amide bonds. The first-order valence-corrected chi connectivity index (χ1v) is 9.82. The average Bonchev–Trinajstić information content (AvgIpc) is 2.77. The monoisotopic (exact) mass is 396 g/mol. The minimum absolute atomic E-state index is 0.00684. The highest BCUT2D eigenvalue weighted by atomic mass is 16.5. The summed E-state index contributed by atoms with van der Waals surface area (Å²) in [5.41, 5.74) is 1.89. The van der Waals surface area contributed by atoms with E-state index in [-0.39, 0.29) is 5.91 Å². The van der Waals surface area contributed by atoms with Crippen LogP contribution in [0.2, 0.25) is 0 Å². The molecule has 2 aromatic carbocycles. The van der Waals surface area contributed by atoms with E-state index in [1.807, 2.05) is 48.2 Å². The highest BCUT2D eigenvalue weighted by molar-refractivity contribution is 5.92. The summed E-state index contributed by atoms with van der Waals surface area (Å²) in [5, 5.41) is 0. The molecule has 1 aliphatic rings. The van der Waals surface area contributed by atoms with Crippen LogP contribution >= 0.6 is 0 Å². The molecule has 0 N–H and O–H groups in total. The zero-order chi connectivity index (χ0) is 20.6. The van der Waals surface area contributed by atoms with Gasteiger partial charge >= 0.3 is 0 Å². The largest absolute Gasteiger partial charge is 0.493 e. The standard InChI is InChI=1S/C23H28N2O4/c1-4-29-20-10-6-5-9-19(20)24-14-16-25(17-15-24)22(26)13-12-18-8-7-11-21(27-2)23(18)28-3/h5-13H,4,14-17H2,1-3H3/b13-12+. The van der Waals surface area contributed by atoms with Crippen molar-refractivity contribution in [1.29, 1.82) is 0 Å². The molecule has 0 spiro atoms. The number of hydrogen-bond acceptors (Lipinski definition) is 5. The first-order chi connectivity index (χ1) is 14.2. The number of ether oxygens (including phenoxy) is 3. The van der Waals surface area contributed by atoms with E-state index in [4.69, 9.17) is 14.2 Å². The van der Waals surface area contributed by atoms with Gasteiger partial charge in [0.05, 0.1) is 26.5 Å². The minimum Gasteiger partial charge on any atom is -0.493 e. The molecule has 0 aromatic heterocycles. The van der Waals surface area contributed by atoms with Crippen LogP contribution in [0.5, 0.6) is 17.2 Å². The number of rotatable bonds is 7. The number of para-hydroxylation sites is 3. The first-order valence-electron chi connectivity index (χ1n) is 9.82. The van der Waals surface area contributed by atoms with Crippen molar-refractivity contribution >= 4 is 17.7 Å². The Morgan fingerprint density at radius 2 is 1.69 bits per heavy atom. The van der Waals surface area contributed by atoms with Crippen LogP contribution < -0.4 is 19.1 Å². The van der Waals surface area contributed by atoms with Crippen LogP contribution in [-0.2, 0) is 4.79 Å². The fourth-order valence-corrected chi connectivity index (χ4v) is 3.47. The van der Waals surface area contributed by atoms with E-state index in [1.54, 1.807) is 26.4 Å². The molecule has 2 aromatic rings. The molecule has 154 valence electrons. The Bertz CT molecular complexity index is 858. The van der Waals surface area contributed by atoms with Crippen molar-refractivity contribution in [3.8, 4) is 17.2 Å². The van der Waals surface area contributed by atoms with Crippen molar-refractivity contribution in [2.24, 2.45) is 0 Å². The molecule has 6 nitrogen and oxygen atoms in total. The van der Waals surface area contributed by atoms with Crippen molar-refractivity contribution in [3.05, 3.63) is 54.1 Å². The van der Waals surface area contributed by atoms with E-state index in [2.05, 4.69) is 11.0 Å². The molecular weight excluding hydrogens is 368 g/mol. The molecule has 1 heterocycles. The van der Waals surface area contributed by atoms with Gasteiger partial charge in [0.2, 0.25) is 5.91 Å². The number of methoxy groups -OCH3 is 2. The van der Waals surface area contributed by atoms with Crippen molar-refractivity contribution < 1.29 is 19.0 Å². The maximum absolute atomic E-state index is 12.7. The van der Waals surface area contributed by atoms with Gasteiger partial charge in [-0.05, 0) is 31.2 Å². The Hall–Kier alpha value is -3.15. The fourth-order valence-electron chi connectivity index (χ4n) is 3.47. The Morgan fingerprint density at radius 3 is 2.38 bits per heavy atom. The molecule has 3 rings (SSSR count). The van der Waals surface area contributed by atoms with Gasteiger partial charge in [-0.1, -0.05) is 24.3 Å². The predicted molar refractivity (Wildman–Crippen MR) is 115 cm³/mol. The van der Waals surface area contributed by atoms with Crippen LogP contribution in [0.3, 0.4) is 0 Å². The number of anilines is 1. The highest BCUT2D eigenvalue weighted by Gasteiger charge is 2.21. The SMILES string of the molecule is CCOc1ccccc1N1CCN(C(=O)/C=C/c2cccc(OC)c2OC)CC1. The predicted octanol–water partition coefficient (Wildman–Crippen LogP) is 3.46. The van der Waals surface area contributed by atoms with Crippen molar-refractivity contribution in [2.45, 2.75) is 6.92 Å². The van der Waals surface area contributed by atoms with Gasteiger partial charge in [0, 0.05) is 37.8 Å². The molecule has 0 bridgehead atoms. The summed E-state index contributed by atoms with van der Waals surface area (Å²) in [6, 6.07) is 13.6. The smallest absolute Gasteiger partial charge is 0.246 e. The van der Waals surface area contributed by atoms with E-state index < -0.39 is 0 Å². The summed E-state index contributed by atoms with van der Waals surface area (Å²) < 4.78 is 16.5. The van der Waals surface area contributed by atoms with Crippen LogP contribution in [0.25, 0.3) is 6.08 Å². The van der Waals surface area contributed by atoms with Gasteiger partial charge < -0.3 is 24.0 Å². The van der Waals surface area contributed by atoms with Gasteiger partial charge in [0.1, 0.15) is 5.75 Å². The van der Waals surface area contributed by atoms with Crippen molar-refractivity contribution in [1.82, 2.24) is 4.90 Å². The molecule has 1 aliphatic heterocycles. The third-order valence-corrected chi connectivity index (χ3v) is 4.94. The number of hydrogen-bond donors (Lipinski definition) is 0. The van der Waals surface area contributed by atoms with E-state index in [1.165, 1.54) is 0 Å². The van der Waals surface area contributed by atoms with Crippen LogP contribution in [0.15, 0.2) is 48.5 Å². The molecular formula is C23H28N2O4. The van der Waals surface area contributed by atoms with Gasteiger partial charge in [0.15, 0.2) is 11.5 Å². The number of benzene rings is 2.